The van der Waals surface area contributed by atoms with Crippen LogP contribution in [0.5, 0.6) is 0 Å². The predicted octanol–water partition coefficient (Wildman–Crippen LogP) is 1.67. The molecule has 0 saturated heterocycles. The van der Waals surface area contributed by atoms with Gasteiger partial charge in [0, 0.05) is 45.9 Å². The molecular weight excluding hydrogens is 330 g/mol. The second-order valence-corrected chi connectivity index (χ2v) is 6.79. The SMILES string of the molecule is CCc1cc(NCc2cc3n(n2)CCCN(C(C)=O)C3)nc(N(C)C)n1. The Morgan fingerprint density at radius 2 is 2.04 bits per heavy atom. The van der Waals surface area contributed by atoms with E-state index in [0.29, 0.717) is 19.0 Å². The van der Waals surface area contributed by atoms with Crippen molar-refractivity contribution in [1.82, 2.24) is 24.6 Å². The maximum atomic E-state index is 11.7. The third-order valence-corrected chi connectivity index (χ3v) is 4.49. The lowest BCUT2D eigenvalue weighted by molar-refractivity contribution is -0.129. The molecule has 0 fully saturated rings. The Balaban J connectivity index is 1.72. The molecule has 1 N–H and O–H groups in total. The lowest BCUT2D eigenvalue weighted by atomic mass is 10.3. The number of anilines is 2. The Bertz CT molecular complexity index is 784. The number of aryl methyl sites for hydroxylation is 2. The lowest BCUT2D eigenvalue weighted by Crippen LogP contribution is -2.28. The zero-order valence-corrected chi connectivity index (χ0v) is 16.0. The van der Waals surface area contributed by atoms with Gasteiger partial charge in [0.15, 0.2) is 0 Å². The van der Waals surface area contributed by atoms with Gasteiger partial charge in [-0.2, -0.15) is 10.1 Å². The number of carbonyl (C=O) groups is 1. The fraction of sp³-hybridized carbons (Fsp3) is 0.556. The van der Waals surface area contributed by atoms with Gasteiger partial charge in [-0.05, 0) is 18.9 Å². The number of aromatic nitrogens is 4. The van der Waals surface area contributed by atoms with E-state index in [1.165, 1.54) is 0 Å². The van der Waals surface area contributed by atoms with Crippen molar-refractivity contribution >= 4 is 17.7 Å². The molecule has 0 bridgehead atoms. The molecule has 0 saturated carbocycles. The molecule has 0 aromatic carbocycles. The molecule has 1 aliphatic heterocycles. The van der Waals surface area contributed by atoms with E-state index in [9.17, 15) is 4.79 Å². The van der Waals surface area contributed by atoms with Crippen LogP contribution in [0.1, 0.15) is 37.4 Å². The highest BCUT2D eigenvalue weighted by atomic mass is 16.2. The second-order valence-electron chi connectivity index (χ2n) is 6.79. The summed E-state index contributed by atoms with van der Waals surface area (Å²) in [5.41, 5.74) is 3.04. The minimum Gasteiger partial charge on any atom is -0.364 e. The van der Waals surface area contributed by atoms with Gasteiger partial charge >= 0.3 is 0 Å². The van der Waals surface area contributed by atoms with Gasteiger partial charge in [0.05, 0.1) is 24.5 Å². The Labute approximate surface area is 154 Å². The van der Waals surface area contributed by atoms with E-state index in [1.54, 1.807) is 6.92 Å². The summed E-state index contributed by atoms with van der Waals surface area (Å²) in [5.74, 6) is 1.61. The first kappa shape index (κ1) is 18.2. The van der Waals surface area contributed by atoms with Crippen molar-refractivity contribution < 1.29 is 4.79 Å². The summed E-state index contributed by atoms with van der Waals surface area (Å²) in [6.07, 6.45) is 1.79. The summed E-state index contributed by atoms with van der Waals surface area (Å²) in [4.78, 5) is 24.5. The van der Waals surface area contributed by atoms with E-state index in [1.807, 2.05) is 34.6 Å². The summed E-state index contributed by atoms with van der Waals surface area (Å²) >= 11 is 0. The Kier molecular flexibility index (Phi) is 5.39. The Morgan fingerprint density at radius 3 is 2.73 bits per heavy atom. The molecule has 0 atom stereocenters. The van der Waals surface area contributed by atoms with Crippen molar-refractivity contribution in [1.29, 1.82) is 0 Å². The highest BCUT2D eigenvalue weighted by molar-refractivity contribution is 5.73. The number of nitrogens with zero attached hydrogens (tertiary/aromatic N) is 6. The summed E-state index contributed by atoms with van der Waals surface area (Å²) in [6, 6.07) is 4.05. The van der Waals surface area contributed by atoms with E-state index in [2.05, 4.69) is 33.4 Å². The molecule has 26 heavy (non-hydrogen) atoms. The van der Waals surface area contributed by atoms with Crippen LogP contribution in [-0.4, -0.2) is 51.2 Å². The fourth-order valence-electron chi connectivity index (χ4n) is 3.01. The molecular formula is C18H27N7O. The van der Waals surface area contributed by atoms with Crippen LogP contribution in [-0.2, 0) is 30.8 Å². The molecule has 8 heteroatoms. The van der Waals surface area contributed by atoms with Crippen LogP contribution in [0.3, 0.4) is 0 Å². The van der Waals surface area contributed by atoms with Crippen LogP contribution in [0.4, 0.5) is 11.8 Å². The molecule has 140 valence electrons. The van der Waals surface area contributed by atoms with E-state index >= 15 is 0 Å². The zero-order valence-electron chi connectivity index (χ0n) is 16.0. The number of nitrogens with one attached hydrogen (secondary N) is 1. The molecule has 1 aliphatic rings. The summed E-state index contributed by atoms with van der Waals surface area (Å²) in [6.45, 7) is 6.56. The normalized spacial score (nSPS) is 13.9. The standard InChI is InChI=1S/C18H27N7O/c1-5-14-10-17(21-18(20-14)23(3)4)19-11-15-9-16-12-24(13(2)26)7-6-8-25(16)22-15/h9-10H,5-8,11-12H2,1-4H3,(H,19,20,21). The maximum Gasteiger partial charge on any atom is 0.226 e. The van der Waals surface area contributed by atoms with E-state index < -0.39 is 0 Å². The van der Waals surface area contributed by atoms with Crippen LogP contribution in [0.25, 0.3) is 0 Å². The number of carbonyl (C=O) groups excluding carboxylic acids is 1. The monoisotopic (exact) mass is 357 g/mol. The molecule has 0 spiro atoms. The molecule has 0 unspecified atom stereocenters. The molecule has 3 rings (SSSR count). The smallest absolute Gasteiger partial charge is 0.226 e. The maximum absolute atomic E-state index is 11.7. The number of fused-ring (bicyclic) bond motifs is 1. The Hall–Kier alpha value is -2.64. The highest BCUT2D eigenvalue weighted by Gasteiger charge is 2.18. The number of hydrogen-bond donors (Lipinski definition) is 1. The second kappa shape index (κ2) is 7.72. The van der Waals surface area contributed by atoms with Gasteiger partial charge in [-0.1, -0.05) is 6.92 Å². The van der Waals surface area contributed by atoms with Crippen LogP contribution < -0.4 is 10.2 Å². The fourth-order valence-corrected chi connectivity index (χ4v) is 3.01. The van der Waals surface area contributed by atoms with Crippen LogP contribution >= 0.6 is 0 Å². The Morgan fingerprint density at radius 1 is 1.23 bits per heavy atom. The third-order valence-electron chi connectivity index (χ3n) is 4.49. The number of amides is 1. The van der Waals surface area contributed by atoms with E-state index in [4.69, 9.17) is 0 Å². The van der Waals surface area contributed by atoms with Gasteiger partial charge in [0.25, 0.3) is 0 Å². The molecule has 0 radical (unpaired) electrons. The quantitative estimate of drug-likeness (QED) is 0.877. The molecule has 0 aliphatic carbocycles. The van der Waals surface area contributed by atoms with Gasteiger partial charge in [-0.15, -0.1) is 0 Å². The van der Waals surface area contributed by atoms with Crippen LogP contribution in [0, 0.1) is 0 Å². The lowest BCUT2D eigenvalue weighted by Gasteiger charge is -2.17. The van der Waals surface area contributed by atoms with Gasteiger partial charge in [-0.25, -0.2) is 4.98 Å². The molecule has 1 amide bonds. The van der Waals surface area contributed by atoms with E-state index in [0.717, 1.165) is 48.8 Å². The van der Waals surface area contributed by atoms with Crippen molar-refractivity contribution in [2.45, 2.75) is 46.3 Å². The topological polar surface area (TPSA) is 79.2 Å². The van der Waals surface area contributed by atoms with Crippen molar-refractivity contribution in [3.63, 3.8) is 0 Å². The minimum absolute atomic E-state index is 0.114. The van der Waals surface area contributed by atoms with Gasteiger partial charge in [-0.3, -0.25) is 9.48 Å². The van der Waals surface area contributed by atoms with Gasteiger partial charge < -0.3 is 15.1 Å². The third kappa shape index (κ3) is 4.12. The number of rotatable bonds is 5. The largest absolute Gasteiger partial charge is 0.364 e. The average molecular weight is 357 g/mol. The number of hydrogen-bond acceptors (Lipinski definition) is 6. The first-order valence-corrected chi connectivity index (χ1v) is 9.06. The van der Waals surface area contributed by atoms with E-state index in [-0.39, 0.29) is 5.91 Å². The molecule has 3 heterocycles. The van der Waals surface area contributed by atoms with Crippen molar-refractivity contribution in [3.8, 4) is 0 Å². The summed E-state index contributed by atoms with van der Waals surface area (Å²) in [5, 5.41) is 8.04. The highest BCUT2D eigenvalue weighted by Crippen LogP contribution is 2.16. The van der Waals surface area contributed by atoms with Crippen molar-refractivity contribution in [3.05, 3.63) is 29.2 Å². The predicted molar refractivity (Wildman–Crippen MR) is 101 cm³/mol. The first-order valence-electron chi connectivity index (χ1n) is 9.06. The first-order chi connectivity index (χ1) is 12.5. The molecule has 2 aromatic heterocycles. The minimum atomic E-state index is 0.114. The van der Waals surface area contributed by atoms with Crippen LogP contribution in [0.15, 0.2) is 12.1 Å². The van der Waals surface area contributed by atoms with Crippen molar-refractivity contribution in [2.75, 3.05) is 30.9 Å². The summed E-state index contributed by atoms with van der Waals surface area (Å²) < 4.78 is 2.02. The van der Waals surface area contributed by atoms with Crippen molar-refractivity contribution in [2.24, 2.45) is 0 Å². The summed E-state index contributed by atoms with van der Waals surface area (Å²) in [7, 11) is 3.87. The van der Waals surface area contributed by atoms with Gasteiger partial charge in [0.1, 0.15) is 5.82 Å². The van der Waals surface area contributed by atoms with Crippen LogP contribution in [0.2, 0.25) is 0 Å². The average Bonchev–Trinajstić information content (AvgIpc) is 2.89. The molecule has 2 aromatic rings. The zero-order chi connectivity index (χ0) is 18.7. The van der Waals surface area contributed by atoms with Gasteiger partial charge in [0.2, 0.25) is 11.9 Å². The molecule has 8 nitrogen and oxygen atoms in total.